The van der Waals surface area contributed by atoms with Crippen molar-refractivity contribution in [1.82, 2.24) is 0 Å². The summed E-state index contributed by atoms with van der Waals surface area (Å²) in [6.45, 7) is 0. The van der Waals surface area contributed by atoms with Gasteiger partial charge < -0.3 is 5.11 Å². The van der Waals surface area contributed by atoms with Gasteiger partial charge in [-0.15, -0.1) is 0 Å². The third kappa shape index (κ3) is 2.67. The lowest BCUT2D eigenvalue weighted by Gasteiger charge is -2.34. The Labute approximate surface area is 125 Å². The molecule has 2 aromatic carbocycles. The number of halogens is 1. The SMILES string of the molecule is Oc1ccc(C2(c3ccccc3F)CCCCCC2)cc1. The fourth-order valence-corrected chi connectivity index (χ4v) is 3.68. The Morgan fingerprint density at radius 1 is 0.810 bits per heavy atom. The second kappa shape index (κ2) is 5.88. The molecule has 1 N–H and O–H groups in total. The van der Waals surface area contributed by atoms with Crippen molar-refractivity contribution in [3.8, 4) is 5.75 Å². The van der Waals surface area contributed by atoms with E-state index >= 15 is 0 Å². The summed E-state index contributed by atoms with van der Waals surface area (Å²) in [6.07, 6.45) is 6.62. The van der Waals surface area contributed by atoms with Gasteiger partial charge in [0.05, 0.1) is 0 Å². The highest BCUT2D eigenvalue weighted by Crippen LogP contribution is 2.45. The van der Waals surface area contributed by atoms with Gasteiger partial charge in [-0.25, -0.2) is 4.39 Å². The van der Waals surface area contributed by atoms with Crippen LogP contribution in [-0.4, -0.2) is 5.11 Å². The topological polar surface area (TPSA) is 20.2 Å². The lowest BCUT2D eigenvalue weighted by molar-refractivity contribution is 0.421. The molecule has 21 heavy (non-hydrogen) atoms. The van der Waals surface area contributed by atoms with Crippen LogP contribution >= 0.6 is 0 Å². The molecule has 0 aliphatic heterocycles. The third-order valence-electron chi connectivity index (χ3n) is 4.77. The Hall–Kier alpha value is -1.83. The Bertz CT molecular complexity index is 595. The second-order valence-electron chi connectivity index (χ2n) is 6.02. The molecule has 3 rings (SSSR count). The number of aromatic hydroxyl groups is 1. The van der Waals surface area contributed by atoms with Crippen LogP contribution in [0.2, 0.25) is 0 Å². The molecule has 1 fully saturated rings. The number of benzene rings is 2. The standard InChI is InChI=1S/C19H21FO/c20-18-8-4-3-7-17(18)19(13-5-1-2-6-14-19)15-9-11-16(21)12-10-15/h3-4,7-12,21H,1-2,5-6,13-14H2. The number of phenolic OH excluding ortho intramolecular Hbond substituents is 1. The summed E-state index contributed by atoms with van der Waals surface area (Å²) in [5.41, 5.74) is 1.67. The molecule has 1 saturated carbocycles. The molecule has 0 spiro atoms. The van der Waals surface area contributed by atoms with Crippen LogP contribution in [0, 0.1) is 5.82 Å². The fraction of sp³-hybridized carbons (Fsp3) is 0.368. The van der Waals surface area contributed by atoms with Gasteiger partial charge in [0.2, 0.25) is 0 Å². The Balaban J connectivity index is 2.14. The van der Waals surface area contributed by atoms with Crippen molar-refractivity contribution in [2.45, 2.75) is 43.9 Å². The molecule has 1 nitrogen and oxygen atoms in total. The van der Waals surface area contributed by atoms with Gasteiger partial charge in [0, 0.05) is 5.41 Å². The van der Waals surface area contributed by atoms with Crippen molar-refractivity contribution >= 4 is 0 Å². The van der Waals surface area contributed by atoms with Crippen molar-refractivity contribution in [3.05, 3.63) is 65.5 Å². The number of rotatable bonds is 2. The van der Waals surface area contributed by atoms with Gasteiger partial charge >= 0.3 is 0 Å². The molecule has 2 aromatic rings. The van der Waals surface area contributed by atoms with Crippen LogP contribution in [0.4, 0.5) is 4.39 Å². The van der Waals surface area contributed by atoms with Crippen molar-refractivity contribution in [2.24, 2.45) is 0 Å². The van der Waals surface area contributed by atoms with E-state index in [9.17, 15) is 9.50 Å². The molecule has 0 heterocycles. The lowest BCUT2D eigenvalue weighted by atomic mass is 9.69. The summed E-state index contributed by atoms with van der Waals surface area (Å²) >= 11 is 0. The highest BCUT2D eigenvalue weighted by atomic mass is 19.1. The minimum absolute atomic E-state index is 0.118. The predicted molar refractivity (Wildman–Crippen MR) is 83.0 cm³/mol. The zero-order chi connectivity index (χ0) is 14.7. The molecule has 0 aromatic heterocycles. The predicted octanol–water partition coefficient (Wildman–Crippen LogP) is 5.17. The van der Waals surface area contributed by atoms with E-state index in [1.54, 1.807) is 24.3 Å². The van der Waals surface area contributed by atoms with Gasteiger partial charge in [-0.05, 0) is 42.2 Å². The summed E-state index contributed by atoms with van der Waals surface area (Å²) in [6, 6.07) is 14.5. The second-order valence-corrected chi connectivity index (χ2v) is 6.02. The third-order valence-corrected chi connectivity index (χ3v) is 4.77. The molecule has 2 heteroatoms. The quantitative estimate of drug-likeness (QED) is 0.754. The summed E-state index contributed by atoms with van der Waals surface area (Å²) < 4.78 is 14.5. The van der Waals surface area contributed by atoms with E-state index < -0.39 is 0 Å². The summed E-state index contributed by atoms with van der Waals surface area (Å²) in [4.78, 5) is 0. The minimum atomic E-state index is -0.254. The molecule has 0 bridgehead atoms. The maximum atomic E-state index is 14.5. The highest BCUT2D eigenvalue weighted by Gasteiger charge is 2.36. The molecule has 0 atom stereocenters. The molecular weight excluding hydrogens is 263 g/mol. The van der Waals surface area contributed by atoms with Gasteiger partial charge in [-0.2, -0.15) is 0 Å². The first-order valence-electron chi connectivity index (χ1n) is 7.77. The average molecular weight is 284 g/mol. The Kier molecular flexibility index (Phi) is 3.96. The van der Waals surface area contributed by atoms with E-state index in [2.05, 4.69) is 0 Å². The van der Waals surface area contributed by atoms with Crippen molar-refractivity contribution in [2.75, 3.05) is 0 Å². The number of hydrogen-bond donors (Lipinski definition) is 1. The van der Waals surface area contributed by atoms with Crippen molar-refractivity contribution < 1.29 is 9.50 Å². The minimum Gasteiger partial charge on any atom is -0.508 e. The van der Waals surface area contributed by atoms with E-state index in [-0.39, 0.29) is 17.0 Å². The molecular formula is C19H21FO. The van der Waals surface area contributed by atoms with Crippen LogP contribution in [-0.2, 0) is 5.41 Å². The van der Waals surface area contributed by atoms with Crippen LogP contribution < -0.4 is 0 Å². The molecule has 0 saturated heterocycles. The largest absolute Gasteiger partial charge is 0.508 e. The van der Waals surface area contributed by atoms with Gasteiger partial charge in [0.25, 0.3) is 0 Å². The molecule has 0 amide bonds. The molecule has 1 aliphatic carbocycles. The van der Waals surface area contributed by atoms with Crippen LogP contribution in [0.15, 0.2) is 48.5 Å². The van der Waals surface area contributed by atoms with E-state index in [4.69, 9.17) is 0 Å². The first-order valence-corrected chi connectivity index (χ1v) is 7.77. The maximum Gasteiger partial charge on any atom is 0.127 e. The fourth-order valence-electron chi connectivity index (χ4n) is 3.68. The lowest BCUT2D eigenvalue weighted by Crippen LogP contribution is -2.28. The average Bonchev–Trinajstić information content (AvgIpc) is 2.75. The molecule has 110 valence electrons. The van der Waals surface area contributed by atoms with E-state index in [1.165, 1.54) is 12.8 Å². The van der Waals surface area contributed by atoms with Crippen LogP contribution in [0.1, 0.15) is 49.7 Å². The van der Waals surface area contributed by atoms with Gasteiger partial charge in [0.1, 0.15) is 11.6 Å². The van der Waals surface area contributed by atoms with E-state index in [0.717, 1.165) is 36.8 Å². The van der Waals surface area contributed by atoms with Crippen LogP contribution in [0.3, 0.4) is 0 Å². The maximum absolute atomic E-state index is 14.5. The Morgan fingerprint density at radius 3 is 2.05 bits per heavy atom. The Morgan fingerprint density at radius 2 is 1.43 bits per heavy atom. The summed E-state index contributed by atoms with van der Waals surface area (Å²) in [7, 11) is 0. The smallest absolute Gasteiger partial charge is 0.127 e. The first kappa shape index (κ1) is 14.1. The van der Waals surface area contributed by atoms with Crippen molar-refractivity contribution in [1.29, 1.82) is 0 Å². The molecule has 1 aliphatic rings. The van der Waals surface area contributed by atoms with E-state index in [1.807, 2.05) is 24.3 Å². The summed E-state index contributed by atoms with van der Waals surface area (Å²) in [5, 5.41) is 9.55. The molecule has 0 unspecified atom stereocenters. The summed E-state index contributed by atoms with van der Waals surface area (Å²) in [5.74, 6) is 0.142. The number of phenols is 1. The van der Waals surface area contributed by atoms with Gasteiger partial charge in [-0.1, -0.05) is 56.0 Å². The van der Waals surface area contributed by atoms with Crippen molar-refractivity contribution in [3.63, 3.8) is 0 Å². The van der Waals surface area contributed by atoms with Gasteiger partial charge in [0.15, 0.2) is 0 Å². The number of hydrogen-bond acceptors (Lipinski definition) is 1. The van der Waals surface area contributed by atoms with Crippen LogP contribution in [0.5, 0.6) is 5.75 Å². The molecule has 0 radical (unpaired) electrons. The van der Waals surface area contributed by atoms with E-state index in [0.29, 0.717) is 0 Å². The monoisotopic (exact) mass is 284 g/mol. The zero-order valence-corrected chi connectivity index (χ0v) is 12.2. The normalized spacial score (nSPS) is 18.1. The van der Waals surface area contributed by atoms with Gasteiger partial charge in [-0.3, -0.25) is 0 Å². The van der Waals surface area contributed by atoms with Crippen LogP contribution in [0.25, 0.3) is 0 Å². The zero-order valence-electron chi connectivity index (χ0n) is 12.2. The first-order chi connectivity index (χ1) is 10.2. The highest BCUT2D eigenvalue weighted by molar-refractivity contribution is 5.42.